The number of amides is 1. The second kappa shape index (κ2) is 11.4. The average molecular weight is 563 g/mol. The number of rotatable bonds is 9. The molecule has 0 atom stereocenters. The summed E-state index contributed by atoms with van der Waals surface area (Å²) in [7, 11) is -3.55. The fourth-order valence-electron chi connectivity index (χ4n) is 5.03. The standard InChI is InChI=1S/C27H30N8O4S/c1-2-24(36)33-18-20(19-33)8-10-35-25(37)7-6-21-17-29-27(31-26(21)35)30-22-4-3-5-23(16-22)32-11-13-34(14-12-32)40(38,39)15-9-28/h2-7,16-17,20H,1,8,10-15,18-19H2,(H,29,30,31). The van der Waals surface area contributed by atoms with Crippen LogP contribution in [-0.4, -0.2) is 83.1 Å². The zero-order valence-electron chi connectivity index (χ0n) is 21.9. The van der Waals surface area contributed by atoms with Crippen LogP contribution in [0.3, 0.4) is 0 Å². The van der Waals surface area contributed by atoms with Gasteiger partial charge in [0.1, 0.15) is 5.65 Å². The van der Waals surface area contributed by atoms with Crippen LogP contribution >= 0.6 is 0 Å². The summed E-state index contributed by atoms with van der Waals surface area (Å²) in [6.07, 6.45) is 3.75. The molecule has 0 unspecified atom stereocenters. The van der Waals surface area contributed by atoms with Crippen molar-refractivity contribution in [3.05, 3.63) is 65.6 Å². The quantitative estimate of drug-likeness (QED) is 0.384. The molecule has 1 N–H and O–H groups in total. The van der Waals surface area contributed by atoms with Gasteiger partial charge in [-0.3, -0.25) is 14.2 Å². The number of pyridine rings is 1. The Morgan fingerprint density at radius 2 is 1.95 bits per heavy atom. The van der Waals surface area contributed by atoms with E-state index < -0.39 is 15.8 Å². The molecule has 1 aromatic carbocycles. The number of sulfonamides is 1. The second-order valence-electron chi connectivity index (χ2n) is 9.87. The van der Waals surface area contributed by atoms with Gasteiger partial charge in [-0.25, -0.2) is 13.4 Å². The van der Waals surface area contributed by atoms with Crippen LogP contribution in [-0.2, 0) is 21.4 Å². The molecule has 0 spiro atoms. The average Bonchev–Trinajstić information content (AvgIpc) is 2.93. The molecular formula is C27H30N8O4S. The Balaban J connectivity index is 1.27. The Bertz CT molecular complexity index is 1630. The van der Waals surface area contributed by atoms with Gasteiger partial charge < -0.3 is 15.1 Å². The van der Waals surface area contributed by atoms with Crippen molar-refractivity contribution in [1.82, 2.24) is 23.7 Å². The van der Waals surface area contributed by atoms with Crippen LogP contribution in [0.4, 0.5) is 17.3 Å². The van der Waals surface area contributed by atoms with Gasteiger partial charge in [0.2, 0.25) is 21.9 Å². The molecule has 3 aromatic rings. The molecule has 4 heterocycles. The number of hydrogen-bond acceptors (Lipinski definition) is 9. The number of carbonyl (C=O) groups excluding carboxylic acids is 1. The second-order valence-corrected chi connectivity index (χ2v) is 11.8. The molecule has 13 heteroatoms. The number of aromatic nitrogens is 3. The highest BCUT2D eigenvalue weighted by molar-refractivity contribution is 7.89. The van der Waals surface area contributed by atoms with Crippen LogP contribution in [0.25, 0.3) is 11.0 Å². The largest absolute Gasteiger partial charge is 0.369 e. The van der Waals surface area contributed by atoms with Crippen molar-refractivity contribution in [3.8, 4) is 6.07 Å². The molecule has 12 nitrogen and oxygen atoms in total. The molecule has 208 valence electrons. The lowest BCUT2D eigenvalue weighted by atomic mass is 9.96. The number of piperazine rings is 1. The van der Waals surface area contributed by atoms with Crippen LogP contribution in [0, 0.1) is 17.2 Å². The molecule has 0 radical (unpaired) electrons. The molecule has 2 aliphatic heterocycles. The van der Waals surface area contributed by atoms with E-state index in [1.807, 2.05) is 24.3 Å². The molecule has 2 fully saturated rings. The number of nitriles is 1. The molecule has 1 amide bonds. The first-order valence-electron chi connectivity index (χ1n) is 13.0. The third-order valence-corrected chi connectivity index (χ3v) is 8.92. The predicted octanol–water partition coefficient (Wildman–Crippen LogP) is 1.54. The monoisotopic (exact) mass is 562 g/mol. The highest BCUT2D eigenvalue weighted by Crippen LogP contribution is 2.24. The van der Waals surface area contributed by atoms with E-state index >= 15 is 0 Å². The topological polar surface area (TPSA) is 145 Å². The van der Waals surface area contributed by atoms with Gasteiger partial charge in [0, 0.05) is 74.8 Å². The molecule has 2 aliphatic rings. The first-order valence-corrected chi connectivity index (χ1v) is 14.6. The summed E-state index contributed by atoms with van der Waals surface area (Å²) < 4.78 is 27.4. The zero-order chi connectivity index (χ0) is 28.3. The molecule has 0 saturated carbocycles. The van der Waals surface area contributed by atoms with Crippen molar-refractivity contribution >= 4 is 44.3 Å². The Morgan fingerprint density at radius 1 is 1.18 bits per heavy atom. The molecule has 2 aromatic heterocycles. The van der Waals surface area contributed by atoms with Gasteiger partial charge in [-0.2, -0.15) is 14.6 Å². The lowest BCUT2D eigenvalue weighted by Crippen LogP contribution is -2.49. The van der Waals surface area contributed by atoms with Crippen molar-refractivity contribution in [2.45, 2.75) is 13.0 Å². The number of anilines is 3. The van der Waals surface area contributed by atoms with E-state index in [0.29, 0.717) is 63.3 Å². The third kappa shape index (κ3) is 5.83. The maximum atomic E-state index is 12.7. The normalized spacial score (nSPS) is 16.4. The lowest BCUT2D eigenvalue weighted by molar-refractivity contribution is -0.132. The van der Waals surface area contributed by atoms with Crippen molar-refractivity contribution in [2.75, 3.05) is 55.2 Å². The number of nitrogens with one attached hydrogen (secondary N) is 1. The number of aryl methyl sites for hydroxylation is 1. The van der Waals surface area contributed by atoms with Gasteiger partial charge in [0.15, 0.2) is 5.75 Å². The van der Waals surface area contributed by atoms with Gasteiger partial charge in [-0.1, -0.05) is 12.6 Å². The Kier molecular flexibility index (Phi) is 7.81. The number of benzene rings is 1. The first kappa shape index (κ1) is 27.3. The van der Waals surface area contributed by atoms with Gasteiger partial charge in [0.25, 0.3) is 5.56 Å². The van der Waals surface area contributed by atoms with E-state index in [4.69, 9.17) is 5.26 Å². The maximum Gasteiger partial charge on any atom is 0.252 e. The minimum Gasteiger partial charge on any atom is -0.369 e. The van der Waals surface area contributed by atoms with Gasteiger partial charge in [0.05, 0.1) is 6.07 Å². The Labute approximate surface area is 232 Å². The van der Waals surface area contributed by atoms with E-state index in [9.17, 15) is 18.0 Å². The summed E-state index contributed by atoms with van der Waals surface area (Å²) in [6, 6.07) is 12.6. The molecule has 2 saturated heterocycles. The van der Waals surface area contributed by atoms with Crippen molar-refractivity contribution in [1.29, 1.82) is 5.26 Å². The van der Waals surface area contributed by atoms with Crippen LogP contribution in [0.2, 0.25) is 0 Å². The highest BCUT2D eigenvalue weighted by Gasteiger charge is 2.29. The number of carbonyl (C=O) groups is 1. The predicted molar refractivity (Wildman–Crippen MR) is 152 cm³/mol. The maximum absolute atomic E-state index is 12.7. The summed E-state index contributed by atoms with van der Waals surface area (Å²) in [5.41, 5.74) is 2.06. The molecule has 5 rings (SSSR count). The van der Waals surface area contributed by atoms with Crippen molar-refractivity contribution in [2.24, 2.45) is 5.92 Å². The van der Waals surface area contributed by atoms with Gasteiger partial charge in [-0.05, 0) is 42.7 Å². The van der Waals surface area contributed by atoms with Crippen molar-refractivity contribution < 1.29 is 13.2 Å². The number of fused-ring (bicyclic) bond motifs is 1. The van der Waals surface area contributed by atoms with Gasteiger partial charge in [-0.15, -0.1) is 0 Å². The Hall–Kier alpha value is -4.28. The SMILES string of the molecule is C=CC(=O)N1CC(CCn2c(=O)ccc3cnc(Nc4cccc(N5CCN(S(=O)(=O)CC#N)CC5)c4)nc32)C1. The third-order valence-electron chi connectivity index (χ3n) is 7.27. The first-order chi connectivity index (χ1) is 19.3. The summed E-state index contributed by atoms with van der Waals surface area (Å²) in [5, 5.41) is 12.8. The van der Waals surface area contributed by atoms with Crippen LogP contribution in [0.1, 0.15) is 6.42 Å². The van der Waals surface area contributed by atoms with Crippen LogP contribution in [0.5, 0.6) is 0 Å². The van der Waals surface area contributed by atoms with E-state index in [-0.39, 0.29) is 11.5 Å². The van der Waals surface area contributed by atoms with Crippen LogP contribution in [0.15, 0.2) is 60.0 Å². The highest BCUT2D eigenvalue weighted by atomic mass is 32.2. The lowest BCUT2D eigenvalue weighted by Gasteiger charge is -2.38. The van der Waals surface area contributed by atoms with E-state index in [0.717, 1.165) is 23.2 Å². The zero-order valence-corrected chi connectivity index (χ0v) is 22.8. The molecule has 0 aliphatic carbocycles. The number of hydrogen-bond donors (Lipinski definition) is 1. The van der Waals surface area contributed by atoms with Crippen LogP contribution < -0.4 is 15.8 Å². The summed E-state index contributed by atoms with van der Waals surface area (Å²) in [4.78, 5) is 37.3. The number of nitrogens with zero attached hydrogens (tertiary/aromatic N) is 7. The van der Waals surface area contributed by atoms with Crippen molar-refractivity contribution in [3.63, 3.8) is 0 Å². The minimum atomic E-state index is -3.55. The summed E-state index contributed by atoms with van der Waals surface area (Å²) in [6.45, 7) is 6.97. The Morgan fingerprint density at radius 3 is 2.67 bits per heavy atom. The van der Waals surface area contributed by atoms with E-state index in [1.165, 1.54) is 16.4 Å². The molecule has 0 bridgehead atoms. The smallest absolute Gasteiger partial charge is 0.252 e. The number of likely N-dealkylation sites (tertiary alicyclic amines) is 1. The summed E-state index contributed by atoms with van der Waals surface area (Å²) in [5.74, 6) is 0.0864. The molecule has 40 heavy (non-hydrogen) atoms. The molecular weight excluding hydrogens is 532 g/mol. The van der Waals surface area contributed by atoms with Gasteiger partial charge >= 0.3 is 0 Å². The van der Waals surface area contributed by atoms with E-state index in [2.05, 4.69) is 26.8 Å². The minimum absolute atomic E-state index is 0.0723. The fraction of sp³-hybridized carbons (Fsp3) is 0.370. The summed E-state index contributed by atoms with van der Waals surface area (Å²) >= 11 is 0. The van der Waals surface area contributed by atoms with E-state index in [1.54, 1.807) is 27.8 Å². The fourth-order valence-corrected chi connectivity index (χ4v) is 6.09.